The van der Waals surface area contributed by atoms with Crippen LogP contribution in [0.4, 0.5) is 105 Å². The van der Waals surface area contributed by atoms with Crippen molar-refractivity contribution in [3.8, 4) is 0 Å². The van der Waals surface area contributed by atoms with E-state index in [0.29, 0.717) is 21.8 Å². The van der Waals surface area contributed by atoms with Gasteiger partial charge in [0.1, 0.15) is 58.2 Å². The van der Waals surface area contributed by atoms with E-state index in [4.69, 9.17) is 74.7 Å². The van der Waals surface area contributed by atoms with Crippen molar-refractivity contribution in [3.63, 3.8) is 0 Å². The van der Waals surface area contributed by atoms with Crippen molar-refractivity contribution in [2.45, 2.75) is 65.0 Å². The number of anilines is 18. The molecule has 0 atom stereocenters. The standard InChI is InChI=1S/C27H35N7.C24H29ClN6.C24H30N6.C21H23Cl2N7/c1-32(2)26-20-24(29-23-13-11-22(12-14-23)21-8-4-3-5-9-21)30-27(31-26)34-18-16-33(17-19-34)25-10-6-7-15-28-25;1-18-9-10-20(15-21(18)25)26-22-16-23(29(2)3)28-24(27-22)31-13-11-30(12-14-31)17-19-7-5-4-6-8-19;1-19-9-11-21(12-10-19)25-22-17-23(28(2)3)27-24(26-22)30-15-13-29(14-16-30)18-20-7-5-4-6-8-20;1-28(2)20-14-18(25-15-6-7-16(22)17(23)13-15)26-21(27-20)30-11-9-29(10-12-30)19-5-3-4-8-24-19/h6-7,10-15,20-21H,3-5,8-9,16-19H2,1-2H3,(H,29,30,31);4-10,15-16H,11-14,17H2,1-3H3,(H,26,27,28);4-12,17H,13-16,18H2,1-3H3,(H,25,26,27);3-8,13-14H,9-12H2,1-2H3,(H,25,26,27). The molecule has 10 heterocycles. The molecule has 0 spiro atoms. The summed E-state index contributed by atoms with van der Waals surface area (Å²) < 4.78 is 0. The number of benzene rings is 6. The van der Waals surface area contributed by atoms with Crippen LogP contribution in [0, 0.1) is 13.8 Å². The van der Waals surface area contributed by atoms with Crippen LogP contribution in [0.3, 0.4) is 0 Å². The minimum absolute atomic E-state index is 0.495. The largest absolute Gasteiger partial charge is 0.363 e. The fourth-order valence-corrected chi connectivity index (χ4v) is 15.9. The lowest BCUT2D eigenvalue weighted by atomic mass is 9.84. The van der Waals surface area contributed by atoms with Crippen molar-refractivity contribution >= 4 is 140 Å². The third-order valence-corrected chi connectivity index (χ3v) is 23.9. The Kier molecular flexibility index (Phi) is 31.1. The van der Waals surface area contributed by atoms with E-state index in [1.54, 1.807) is 12.1 Å². The summed E-state index contributed by atoms with van der Waals surface area (Å²) in [5.74, 6) is 12.4. The van der Waals surface area contributed by atoms with Gasteiger partial charge in [0.2, 0.25) is 23.8 Å². The second-order valence-corrected chi connectivity index (χ2v) is 34.2. The van der Waals surface area contributed by atoms with Crippen molar-refractivity contribution < 1.29 is 0 Å². The third kappa shape index (κ3) is 25.6. The van der Waals surface area contributed by atoms with Gasteiger partial charge in [0.05, 0.1) is 10.0 Å². The van der Waals surface area contributed by atoms with Crippen LogP contribution < -0.4 is 70.3 Å². The molecule has 4 saturated heterocycles. The van der Waals surface area contributed by atoms with Gasteiger partial charge in [-0.3, -0.25) is 9.80 Å². The predicted molar refractivity (Wildman–Crippen MR) is 520 cm³/mol. The van der Waals surface area contributed by atoms with E-state index in [9.17, 15) is 0 Å². The Labute approximate surface area is 752 Å². The van der Waals surface area contributed by atoms with Crippen LogP contribution in [0.5, 0.6) is 0 Å². The minimum atomic E-state index is 0.495. The van der Waals surface area contributed by atoms with Crippen molar-refractivity contribution in [3.05, 3.63) is 262 Å². The normalized spacial score (nSPS) is 15.1. The monoisotopic (exact) mass is 1740 g/mol. The second-order valence-electron chi connectivity index (χ2n) is 33.0. The molecule has 12 aromatic rings. The number of nitrogens with zero attached hydrogens (tertiary/aromatic N) is 22. The number of piperazine rings is 4. The van der Waals surface area contributed by atoms with E-state index in [-0.39, 0.29) is 0 Å². The minimum Gasteiger partial charge on any atom is -0.363 e. The zero-order valence-corrected chi connectivity index (χ0v) is 75.9. The maximum Gasteiger partial charge on any atom is 0.229 e. The number of nitrogens with one attached hydrogen (secondary N) is 4. The fourth-order valence-electron chi connectivity index (χ4n) is 15.4. The summed E-state index contributed by atoms with van der Waals surface area (Å²) in [7, 11) is 16.0. The summed E-state index contributed by atoms with van der Waals surface area (Å²) in [6.45, 7) is 20.6. The van der Waals surface area contributed by atoms with Gasteiger partial charge in [0, 0.05) is 239 Å². The van der Waals surface area contributed by atoms with Gasteiger partial charge in [0.25, 0.3) is 0 Å². The molecule has 4 N–H and O–H groups in total. The number of aromatic nitrogens is 10. The summed E-state index contributed by atoms with van der Waals surface area (Å²) in [6, 6.07) is 69.9. The molecular formula is C96H117Cl3N26. The number of hydrogen-bond donors (Lipinski definition) is 4. The number of rotatable bonds is 23. The van der Waals surface area contributed by atoms with Crippen LogP contribution in [-0.2, 0) is 13.1 Å². The van der Waals surface area contributed by atoms with Crippen LogP contribution in [0.1, 0.15) is 65.8 Å². The topological polar surface area (TPSA) is 216 Å². The van der Waals surface area contributed by atoms with E-state index < -0.39 is 0 Å². The van der Waals surface area contributed by atoms with Gasteiger partial charge in [-0.2, -0.15) is 39.9 Å². The van der Waals surface area contributed by atoms with Crippen molar-refractivity contribution in [1.29, 1.82) is 0 Å². The Hall–Kier alpha value is -12.1. The molecule has 0 unspecified atom stereocenters. The first-order valence-electron chi connectivity index (χ1n) is 43.3. The first-order chi connectivity index (χ1) is 60.7. The molecule has 5 fully saturated rings. The van der Waals surface area contributed by atoms with Crippen LogP contribution >= 0.6 is 34.8 Å². The Morgan fingerprint density at radius 3 is 0.992 bits per heavy atom. The smallest absolute Gasteiger partial charge is 0.229 e. The van der Waals surface area contributed by atoms with E-state index in [2.05, 4.69) is 193 Å². The predicted octanol–water partition coefficient (Wildman–Crippen LogP) is 17.9. The highest BCUT2D eigenvalue weighted by Gasteiger charge is 2.27. The molecule has 17 rings (SSSR count). The molecule has 6 aromatic heterocycles. The molecule has 0 amide bonds. The highest BCUT2D eigenvalue weighted by molar-refractivity contribution is 6.42. The first kappa shape index (κ1) is 89.2. The van der Waals surface area contributed by atoms with Gasteiger partial charge >= 0.3 is 0 Å². The highest BCUT2D eigenvalue weighted by Crippen LogP contribution is 2.36. The van der Waals surface area contributed by atoms with Crippen molar-refractivity contribution in [2.24, 2.45) is 0 Å². The maximum absolute atomic E-state index is 6.29. The summed E-state index contributed by atoms with van der Waals surface area (Å²) in [5, 5.41) is 15.4. The van der Waals surface area contributed by atoms with Crippen LogP contribution in [0.25, 0.3) is 0 Å². The molecule has 0 bridgehead atoms. The molecule has 4 aliphatic heterocycles. The zero-order valence-electron chi connectivity index (χ0n) is 73.6. The van der Waals surface area contributed by atoms with E-state index in [1.807, 2.05) is 174 Å². The zero-order chi connectivity index (χ0) is 87.1. The highest BCUT2D eigenvalue weighted by atomic mass is 35.5. The van der Waals surface area contributed by atoms with Gasteiger partial charge in [-0.25, -0.2) is 9.97 Å². The molecule has 26 nitrogen and oxygen atoms in total. The average Bonchev–Trinajstić information content (AvgIpc) is 0.835. The molecule has 125 heavy (non-hydrogen) atoms. The molecule has 0 radical (unpaired) electrons. The maximum atomic E-state index is 6.29. The molecule has 6 aromatic carbocycles. The Morgan fingerprint density at radius 2 is 0.640 bits per heavy atom. The van der Waals surface area contributed by atoms with Crippen molar-refractivity contribution in [2.75, 3.05) is 231 Å². The van der Waals surface area contributed by atoms with E-state index >= 15 is 0 Å². The van der Waals surface area contributed by atoms with Crippen LogP contribution in [-0.4, -0.2) is 221 Å². The number of pyridine rings is 2. The quantitative estimate of drug-likeness (QED) is 0.0468. The molecule has 1 aliphatic carbocycles. The summed E-state index contributed by atoms with van der Waals surface area (Å²) >= 11 is 18.5. The fraction of sp³-hybridized carbons (Fsp3) is 0.354. The van der Waals surface area contributed by atoms with E-state index in [0.717, 1.165) is 227 Å². The van der Waals surface area contributed by atoms with Gasteiger partial charge in [-0.05, 0) is 134 Å². The van der Waals surface area contributed by atoms with Crippen LogP contribution in [0.2, 0.25) is 15.1 Å². The van der Waals surface area contributed by atoms with E-state index in [1.165, 1.54) is 54.4 Å². The van der Waals surface area contributed by atoms with Crippen molar-refractivity contribution in [1.82, 2.24) is 59.6 Å². The first-order valence-corrected chi connectivity index (χ1v) is 44.4. The molecule has 1 saturated carbocycles. The Morgan fingerprint density at radius 1 is 0.312 bits per heavy atom. The molecular weight excluding hydrogens is 1620 g/mol. The number of hydrogen-bond acceptors (Lipinski definition) is 26. The lowest BCUT2D eigenvalue weighted by Crippen LogP contribution is -2.47. The molecule has 652 valence electrons. The lowest BCUT2D eigenvalue weighted by molar-refractivity contribution is 0.249. The Bertz CT molecular complexity index is 5360. The van der Waals surface area contributed by atoms with Gasteiger partial charge in [0.15, 0.2) is 0 Å². The average molecular weight is 1740 g/mol. The van der Waals surface area contributed by atoms with Gasteiger partial charge < -0.3 is 70.3 Å². The van der Waals surface area contributed by atoms with Crippen LogP contribution in [0.15, 0.2) is 219 Å². The molecule has 5 aliphatic rings. The SMILES string of the molecule is CN(C)c1cc(Nc2ccc(C3CCCCC3)cc2)nc(N2CCN(c3ccccn3)CC2)n1.CN(C)c1cc(Nc2ccc(Cl)c(Cl)c2)nc(N2CCN(c3ccccn3)CC2)n1.Cc1ccc(Nc2cc(N(C)C)nc(N3CCN(Cc4ccccc4)CC3)n2)cc1.Cc1ccc(Nc2cc(N(C)C)nc(N3CCN(Cc4ccccc4)CC3)n2)cc1Cl. The third-order valence-electron chi connectivity index (χ3n) is 22.7. The number of halogens is 3. The van der Waals surface area contributed by atoms with Gasteiger partial charge in [-0.15, -0.1) is 0 Å². The summed E-state index contributed by atoms with van der Waals surface area (Å²) in [5.41, 5.74) is 10.3. The Balaban J connectivity index is 0.000000136. The summed E-state index contributed by atoms with van der Waals surface area (Å²) in [6.07, 6.45) is 10.4. The second kappa shape index (κ2) is 43.5. The van der Waals surface area contributed by atoms with Gasteiger partial charge in [-0.1, -0.05) is 163 Å². The molecule has 29 heteroatoms. The summed E-state index contributed by atoms with van der Waals surface area (Å²) in [4.78, 5) is 74.0. The number of aryl methyl sites for hydroxylation is 2. The lowest BCUT2D eigenvalue weighted by Gasteiger charge is -2.35.